The Morgan fingerprint density at radius 3 is 2.78 bits per heavy atom. The maximum atomic E-state index is 4.35. The molecule has 2 heteroatoms. The van der Waals surface area contributed by atoms with Crippen LogP contribution in [0, 0.1) is 5.92 Å². The van der Waals surface area contributed by atoms with E-state index in [-0.39, 0.29) is 0 Å². The van der Waals surface area contributed by atoms with Gasteiger partial charge in [-0.05, 0) is 49.6 Å². The quantitative estimate of drug-likeness (QED) is 0.869. The van der Waals surface area contributed by atoms with Crippen molar-refractivity contribution in [3.05, 3.63) is 42.1 Å². The standard InChI is InChI=1S/C16H22N2/c1-12(2)15(17-3)8-6-13-7-9-16-14(11-13)5-4-10-18-16/h4-5,7,9-12,15,17H,6,8H2,1-3H3. The zero-order valence-corrected chi connectivity index (χ0v) is 11.5. The Hall–Kier alpha value is -1.41. The second kappa shape index (κ2) is 5.96. The molecule has 0 aliphatic heterocycles. The molecule has 0 saturated carbocycles. The van der Waals surface area contributed by atoms with Gasteiger partial charge in [-0.15, -0.1) is 0 Å². The van der Waals surface area contributed by atoms with Crippen molar-refractivity contribution in [3.8, 4) is 0 Å². The normalized spacial score (nSPS) is 13.1. The number of fused-ring (bicyclic) bond motifs is 1. The molecule has 1 N–H and O–H groups in total. The maximum Gasteiger partial charge on any atom is 0.0702 e. The summed E-state index contributed by atoms with van der Waals surface area (Å²) in [6.07, 6.45) is 4.15. The fourth-order valence-electron chi connectivity index (χ4n) is 2.41. The van der Waals surface area contributed by atoms with Crippen LogP contribution in [-0.4, -0.2) is 18.1 Å². The van der Waals surface area contributed by atoms with E-state index in [1.807, 2.05) is 12.3 Å². The molecular formula is C16H22N2. The molecular weight excluding hydrogens is 220 g/mol. The summed E-state index contributed by atoms with van der Waals surface area (Å²) in [4.78, 5) is 4.35. The Morgan fingerprint density at radius 2 is 2.06 bits per heavy atom. The van der Waals surface area contributed by atoms with Crippen LogP contribution in [0.5, 0.6) is 0 Å². The molecule has 2 nitrogen and oxygen atoms in total. The maximum absolute atomic E-state index is 4.35. The van der Waals surface area contributed by atoms with Crippen LogP contribution in [0.3, 0.4) is 0 Å². The molecule has 1 unspecified atom stereocenters. The van der Waals surface area contributed by atoms with E-state index in [0.29, 0.717) is 12.0 Å². The van der Waals surface area contributed by atoms with Crippen molar-refractivity contribution in [2.75, 3.05) is 7.05 Å². The van der Waals surface area contributed by atoms with Gasteiger partial charge in [-0.3, -0.25) is 4.98 Å². The first kappa shape index (κ1) is 13.0. The van der Waals surface area contributed by atoms with Crippen molar-refractivity contribution in [1.82, 2.24) is 10.3 Å². The molecule has 0 bridgehead atoms. The predicted octanol–water partition coefficient (Wildman–Crippen LogP) is 3.41. The van der Waals surface area contributed by atoms with Crippen LogP contribution in [-0.2, 0) is 6.42 Å². The van der Waals surface area contributed by atoms with Gasteiger partial charge in [0, 0.05) is 17.6 Å². The number of aryl methyl sites for hydroxylation is 1. The molecule has 1 aromatic heterocycles. The van der Waals surface area contributed by atoms with Crippen molar-refractivity contribution in [2.45, 2.75) is 32.7 Å². The zero-order chi connectivity index (χ0) is 13.0. The fourth-order valence-corrected chi connectivity index (χ4v) is 2.41. The number of hydrogen-bond acceptors (Lipinski definition) is 2. The highest BCUT2D eigenvalue weighted by Gasteiger charge is 2.10. The first-order valence-corrected chi connectivity index (χ1v) is 6.71. The minimum Gasteiger partial charge on any atom is -0.317 e. The fraction of sp³-hybridized carbons (Fsp3) is 0.438. The highest BCUT2D eigenvalue weighted by molar-refractivity contribution is 5.78. The van der Waals surface area contributed by atoms with Crippen molar-refractivity contribution < 1.29 is 0 Å². The number of hydrogen-bond donors (Lipinski definition) is 1. The molecule has 1 heterocycles. The van der Waals surface area contributed by atoms with E-state index in [1.165, 1.54) is 17.4 Å². The smallest absolute Gasteiger partial charge is 0.0702 e. The summed E-state index contributed by atoms with van der Waals surface area (Å²) in [5.74, 6) is 0.678. The predicted molar refractivity (Wildman–Crippen MR) is 77.7 cm³/mol. The van der Waals surface area contributed by atoms with Gasteiger partial charge in [0.25, 0.3) is 0 Å². The Balaban J connectivity index is 2.07. The van der Waals surface area contributed by atoms with Gasteiger partial charge in [0.15, 0.2) is 0 Å². The van der Waals surface area contributed by atoms with Gasteiger partial charge >= 0.3 is 0 Å². The first-order chi connectivity index (χ1) is 8.70. The monoisotopic (exact) mass is 242 g/mol. The second-order valence-electron chi connectivity index (χ2n) is 5.21. The van der Waals surface area contributed by atoms with E-state index in [2.05, 4.69) is 55.5 Å². The van der Waals surface area contributed by atoms with Gasteiger partial charge in [0.05, 0.1) is 5.52 Å². The van der Waals surface area contributed by atoms with Crippen molar-refractivity contribution in [1.29, 1.82) is 0 Å². The Kier molecular flexibility index (Phi) is 4.32. The lowest BCUT2D eigenvalue weighted by molar-refractivity contribution is 0.403. The number of benzene rings is 1. The molecule has 0 fully saturated rings. The zero-order valence-electron chi connectivity index (χ0n) is 11.5. The van der Waals surface area contributed by atoms with E-state index in [9.17, 15) is 0 Å². The average molecular weight is 242 g/mol. The minimum absolute atomic E-state index is 0.592. The summed E-state index contributed by atoms with van der Waals surface area (Å²) in [7, 11) is 2.05. The van der Waals surface area contributed by atoms with E-state index in [0.717, 1.165) is 11.9 Å². The van der Waals surface area contributed by atoms with Gasteiger partial charge < -0.3 is 5.32 Å². The number of nitrogens with zero attached hydrogens (tertiary/aromatic N) is 1. The molecule has 0 aliphatic carbocycles. The van der Waals surface area contributed by atoms with Crippen LogP contribution in [0.25, 0.3) is 10.9 Å². The molecule has 0 radical (unpaired) electrons. The second-order valence-corrected chi connectivity index (χ2v) is 5.21. The summed E-state index contributed by atoms with van der Waals surface area (Å²) in [5, 5.41) is 4.63. The highest BCUT2D eigenvalue weighted by atomic mass is 14.9. The van der Waals surface area contributed by atoms with Gasteiger partial charge in [-0.25, -0.2) is 0 Å². The molecule has 0 spiro atoms. The Bertz CT molecular complexity index is 505. The number of aromatic nitrogens is 1. The van der Waals surface area contributed by atoms with Gasteiger partial charge in [-0.1, -0.05) is 26.0 Å². The summed E-state index contributed by atoms with van der Waals surface area (Å²) < 4.78 is 0. The molecule has 2 rings (SSSR count). The summed E-state index contributed by atoms with van der Waals surface area (Å²) >= 11 is 0. The topological polar surface area (TPSA) is 24.9 Å². The highest BCUT2D eigenvalue weighted by Crippen LogP contribution is 2.16. The van der Waals surface area contributed by atoms with Crippen LogP contribution in [0.15, 0.2) is 36.5 Å². The lowest BCUT2D eigenvalue weighted by Gasteiger charge is -2.20. The summed E-state index contributed by atoms with van der Waals surface area (Å²) in [5.41, 5.74) is 2.48. The minimum atomic E-state index is 0.592. The van der Waals surface area contributed by atoms with Crippen LogP contribution < -0.4 is 5.32 Å². The van der Waals surface area contributed by atoms with E-state index in [1.54, 1.807) is 0 Å². The lowest BCUT2D eigenvalue weighted by atomic mass is 9.96. The van der Waals surface area contributed by atoms with Gasteiger partial charge in [0.2, 0.25) is 0 Å². The van der Waals surface area contributed by atoms with Crippen LogP contribution in [0.1, 0.15) is 25.8 Å². The van der Waals surface area contributed by atoms with Crippen molar-refractivity contribution >= 4 is 10.9 Å². The summed E-state index contributed by atoms with van der Waals surface area (Å²) in [6.45, 7) is 4.54. The third-order valence-electron chi connectivity index (χ3n) is 3.59. The molecule has 1 atom stereocenters. The molecule has 96 valence electrons. The summed E-state index contributed by atoms with van der Waals surface area (Å²) in [6, 6.07) is 11.3. The molecule has 0 saturated heterocycles. The molecule has 0 aliphatic rings. The van der Waals surface area contributed by atoms with Crippen LogP contribution >= 0.6 is 0 Å². The van der Waals surface area contributed by atoms with Crippen molar-refractivity contribution in [2.24, 2.45) is 5.92 Å². The average Bonchev–Trinajstić information content (AvgIpc) is 2.39. The van der Waals surface area contributed by atoms with Gasteiger partial charge in [-0.2, -0.15) is 0 Å². The molecule has 18 heavy (non-hydrogen) atoms. The van der Waals surface area contributed by atoms with Crippen LogP contribution in [0.2, 0.25) is 0 Å². The number of nitrogens with one attached hydrogen (secondary N) is 1. The van der Waals surface area contributed by atoms with E-state index in [4.69, 9.17) is 0 Å². The Labute approximate surface area is 109 Å². The number of rotatable bonds is 5. The SMILES string of the molecule is CNC(CCc1ccc2ncccc2c1)C(C)C. The van der Waals surface area contributed by atoms with Crippen molar-refractivity contribution in [3.63, 3.8) is 0 Å². The van der Waals surface area contributed by atoms with E-state index < -0.39 is 0 Å². The third kappa shape index (κ3) is 3.08. The number of pyridine rings is 1. The molecule has 0 amide bonds. The third-order valence-corrected chi connectivity index (χ3v) is 3.59. The van der Waals surface area contributed by atoms with Gasteiger partial charge in [0.1, 0.15) is 0 Å². The Morgan fingerprint density at radius 1 is 1.22 bits per heavy atom. The van der Waals surface area contributed by atoms with Crippen LogP contribution in [0.4, 0.5) is 0 Å². The first-order valence-electron chi connectivity index (χ1n) is 6.71. The lowest BCUT2D eigenvalue weighted by Crippen LogP contribution is -2.30. The molecule has 2 aromatic rings. The molecule has 1 aromatic carbocycles. The van der Waals surface area contributed by atoms with E-state index >= 15 is 0 Å². The largest absolute Gasteiger partial charge is 0.317 e.